The summed E-state index contributed by atoms with van der Waals surface area (Å²) in [6, 6.07) is 6.31. The van der Waals surface area contributed by atoms with E-state index in [2.05, 4.69) is 29.2 Å². The number of hydrogen-bond acceptors (Lipinski definition) is 3. The molecule has 1 saturated heterocycles. The molecule has 1 aliphatic heterocycles. The number of unbranched alkanes of at least 4 members (excludes halogenated alkanes) is 1. The first-order valence-corrected chi connectivity index (χ1v) is 10.1. The van der Waals surface area contributed by atoms with E-state index in [0.29, 0.717) is 0 Å². The molecule has 2 aromatic rings. The molecule has 130 valence electrons. The van der Waals surface area contributed by atoms with Gasteiger partial charge in [-0.05, 0) is 69.9 Å². The second-order valence-corrected chi connectivity index (χ2v) is 7.70. The Bertz CT molecular complexity index is 736. The van der Waals surface area contributed by atoms with Gasteiger partial charge in [0, 0.05) is 6.54 Å². The summed E-state index contributed by atoms with van der Waals surface area (Å²) in [5, 5.41) is 0. The van der Waals surface area contributed by atoms with Crippen LogP contribution in [0.25, 0.3) is 16.3 Å². The summed E-state index contributed by atoms with van der Waals surface area (Å²) in [4.78, 5) is 15.1. The van der Waals surface area contributed by atoms with Crippen molar-refractivity contribution in [1.29, 1.82) is 0 Å². The molecule has 1 aromatic heterocycles. The maximum absolute atomic E-state index is 12.3. The molecule has 0 radical (unpaired) electrons. The summed E-state index contributed by atoms with van der Waals surface area (Å²) in [6.45, 7) is 6.56. The minimum absolute atomic E-state index is 0.178. The van der Waals surface area contributed by atoms with Gasteiger partial charge in [-0.15, -0.1) is 0 Å². The largest absolute Gasteiger partial charge is 0.308 e. The van der Waals surface area contributed by atoms with E-state index in [9.17, 15) is 4.79 Å². The highest BCUT2D eigenvalue weighted by atomic mass is 32.1. The summed E-state index contributed by atoms with van der Waals surface area (Å²) >= 11 is 1.37. The maximum atomic E-state index is 12.3. The number of aryl methyl sites for hydroxylation is 1. The number of aromatic nitrogens is 1. The number of nitrogens with zero attached hydrogens (tertiary/aromatic N) is 2. The molecule has 0 unspecified atom stereocenters. The molecule has 0 spiro atoms. The third-order valence-electron chi connectivity index (χ3n) is 4.86. The quantitative estimate of drug-likeness (QED) is 0.706. The van der Waals surface area contributed by atoms with Crippen molar-refractivity contribution in [3.63, 3.8) is 0 Å². The van der Waals surface area contributed by atoms with Crippen LogP contribution in [0.5, 0.6) is 0 Å². The van der Waals surface area contributed by atoms with Gasteiger partial charge in [-0.1, -0.05) is 42.4 Å². The Kier molecular flexibility index (Phi) is 6.27. The lowest BCUT2D eigenvalue weighted by Gasteiger charge is -2.19. The molecule has 0 amide bonds. The zero-order valence-electron chi connectivity index (χ0n) is 14.7. The van der Waals surface area contributed by atoms with E-state index in [1.54, 1.807) is 0 Å². The standard InChI is InChI=1S/C20H28N2OS/c1-2-9-17-10-11-18-19(16-17)24-20(23)22(18)15-8-7-14-21-12-5-3-4-6-13-21/h2,9-11,16H,3-8,12-15H2,1H3/b9-2+. The highest BCUT2D eigenvalue weighted by molar-refractivity contribution is 7.16. The van der Waals surface area contributed by atoms with Crippen LogP contribution in [0.15, 0.2) is 29.1 Å². The fraction of sp³-hybridized carbons (Fsp3) is 0.550. The Labute approximate surface area is 148 Å². The normalized spacial score (nSPS) is 16.9. The van der Waals surface area contributed by atoms with Crippen LogP contribution in [-0.2, 0) is 6.54 Å². The number of hydrogen-bond donors (Lipinski definition) is 0. The summed E-state index contributed by atoms with van der Waals surface area (Å²) in [5.41, 5.74) is 2.26. The maximum Gasteiger partial charge on any atom is 0.308 e. The van der Waals surface area contributed by atoms with Gasteiger partial charge >= 0.3 is 4.87 Å². The van der Waals surface area contributed by atoms with Crippen LogP contribution in [0, 0.1) is 0 Å². The minimum atomic E-state index is 0.178. The molecule has 1 aliphatic rings. The van der Waals surface area contributed by atoms with Crippen molar-refractivity contribution in [2.45, 2.75) is 52.0 Å². The van der Waals surface area contributed by atoms with E-state index in [0.717, 1.165) is 23.2 Å². The lowest BCUT2D eigenvalue weighted by molar-refractivity contribution is 0.277. The van der Waals surface area contributed by atoms with Crippen molar-refractivity contribution < 1.29 is 0 Å². The SMILES string of the molecule is C/C=C/c1ccc2c(c1)sc(=O)n2CCCCN1CCCCCC1. The molecule has 2 heterocycles. The smallest absolute Gasteiger partial charge is 0.303 e. The second kappa shape index (κ2) is 8.63. The number of benzene rings is 1. The Hall–Kier alpha value is -1.39. The van der Waals surface area contributed by atoms with Crippen molar-refractivity contribution in [3.05, 3.63) is 39.5 Å². The summed E-state index contributed by atoms with van der Waals surface area (Å²) in [5.74, 6) is 0. The fourth-order valence-corrected chi connectivity index (χ4v) is 4.52. The van der Waals surface area contributed by atoms with Crippen molar-refractivity contribution in [2.75, 3.05) is 19.6 Å². The summed E-state index contributed by atoms with van der Waals surface area (Å²) in [6.07, 6.45) is 11.9. The van der Waals surface area contributed by atoms with E-state index in [1.165, 1.54) is 68.6 Å². The molecule has 0 saturated carbocycles. The van der Waals surface area contributed by atoms with Gasteiger partial charge in [-0.25, -0.2) is 0 Å². The molecule has 1 fully saturated rings. The number of fused-ring (bicyclic) bond motifs is 1. The van der Waals surface area contributed by atoms with Crippen LogP contribution >= 0.6 is 11.3 Å². The van der Waals surface area contributed by atoms with Crippen LogP contribution in [0.3, 0.4) is 0 Å². The van der Waals surface area contributed by atoms with Crippen LogP contribution in [0.4, 0.5) is 0 Å². The molecular weight excluding hydrogens is 316 g/mol. The lowest BCUT2D eigenvalue weighted by Crippen LogP contribution is -2.26. The molecule has 1 aromatic carbocycles. The van der Waals surface area contributed by atoms with Gasteiger partial charge in [0.1, 0.15) is 0 Å². The first-order chi connectivity index (χ1) is 11.8. The highest BCUT2D eigenvalue weighted by Gasteiger charge is 2.10. The number of rotatable bonds is 6. The number of likely N-dealkylation sites (tertiary alicyclic amines) is 1. The molecule has 0 bridgehead atoms. The van der Waals surface area contributed by atoms with Crippen molar-refractivity contribution >= 4 is 27.6 Å². The third kappa shape index (κ3) is 4.37. The van der Waals surface area contributed by atoms with Crippen molar-refractivity contribution in [3.8, 4) is 0 Å². The Morgan fingerprint density at radius 1 is 1.08 bits per heavy atom. The van der Waals surface area contributed by atoms with Gasteiger partial charge < -0.3 is 4.90 Å². The third-order valence-corrected chi connectivity index (χ3v) is 5.80. The topological polar surface area (TPSA) is 25.2 Å². The average molecular weight is 345 g/mol. The van der Waals surface area contributed by atoms with Crippen molar-refractivity contribution in [1.82, 2.24) is 9.47 Å². The minimum Gasteiger partial charge on any atom is -0.303 e. The molecule has 3 rings (SSSR count). The monoisotopic (exact) mass is 344 g/mol. The first-order valence-electron chi connectivity index (χ1n) is 9.26. The molecular formula is C20H28N2OS. The van der Waals surface area contributed by atoms with E-state index >= 15 is 0 Å². The van der Waals surface area contributed by atoms with E-state index in [-0.39, 0.29) is 4.87 Å². The van der Waals surface area contributed by atoms with Gasteiger partial charge in [-0.3, -0.25) is 9.36 Å². The summed E-state index contributed by atoms with van der Waals surface area (Å²) < 4.78 is 3.06. The highest BCUT2D eigenvalue weighted by Crippen LogP contribution is 2.20. The van der Waals surface area contributed by atoms with Gasteiger partial charge in [-0.2, -0.15) is 0 Å². The Morgan fingerprint density at radius 2 is 1.83 bits per heavy atom. The zero-order valence-corrected chi connectivity index (χ0v) is 15.5. The molecule has 0 N–H and O–H groups in total. The van der Waals surface area contributed by atoms with Crippen LogP contribution < -0.4 is 4.87 Å². The second-order valence-electron chi connectivity index (χ2n) is 6.71. The van der Waals surface area contributed by atoms with Gasteiger partial charge in [0.05, 0.1) is 10.2 Å². The Balaban J connectivity index is 1.58. The van der Waals surface area contributed by atoms with Crippen LogP contribution in [0.1, 0.15) is 51.0 Å². The molecule has 0 aliphatic carbocycles. The fourth-order valence-electron chi connectivity index (χ4n) is 3.56. The predicted octanol–water partition coefficient (Wildman–Crippen LogP) is 4.75. The van der Waals surface area contributed by atoms with Crippen molar-refractivity contribution in [2.24, 2.45) is 0 Å². The van der Waals surface area contributed by atoms with Gasteiger partial charge in [0.25, 0.3) is 0 Å². The predicted molar refractivity (Wildman–Crippen MR) is 105 cm³/mol. The molecule has 24 heavy (non-hydrogen) atoms. The van der Waals surface area contributed by atoms with Gasteiger partial charge in [0.2, 0.25) is 0 Å². The van der Waals surface area contributed by atoms with E-state index < -0.39 is 0 Å². The van der Waals surface area contributed by atoms with E-state index in [1.807, 2.05) is 17.6 Å². The average Bonchev–Trinajstić information content (AvgIpc) is 2.75. The van der Waals surface area contributed by atoms with E-state index in [4.69, 9.17) is 0 Å². The molecule has 0 atom stereocenters. The van der Waals surface area contributed by atoms with Gasteiger partial charge in [0.15, 0.2) is 0 Å². The zero-order chi connectivity index (χ0) is 16.8. The summed E-state index contributed by atoms with van der Waals surface area (Å²) in [7, 11) is 0. The first kappa shape index (κ1) is 17.4. The molecule has 4 heteroatoms. The van der Waals surface area contributed by atoms with Crippen LogP contribution in [0.2, 0.25) is 0 Å². The Morgan fingerprint density at radius 3 is 2.58 bits per heavy atom. The lowest BCUT2D eigenvalue weighted by atomic mass is 10.2. The van der Waals surface area contributed by atoms with Crippen LogP contribution in [-0.4, -0.2) is 29.1 Å². The number of thiazole rings is 1. The number of allylic oxidation sites excluding steroid dienone is 1. The molecule has 3 nitrogen and oxygen atoms in total.